The lowest BCUT2D eigenvalue weighted by atomic mass is 10.2. The van der Waals surface area contributed by atoms with Gasteiger partial charge in [-0.2, -0.15) is 0 Å². The average molecular weight is 347 g/mol. The van der Waals surface area contributed by atoms with Crippen LogP contribution in [0.15, 0.2) is 16.8 Å². The molecule has 0 saturated carbocycles. The van der Waals surface area contributed by atoms with Gasteiger partial charge in [-0.3, -0.25) is 9.59 Å². The first-order valence-corrected chi connectivity index (χ1v) is 8.21. The highest BCUT2D eigenvalue weighted by atomic mass is 16.5. The van der Waals surface area contributed by atoms with Gasteiger partial charge in [-0.1, -0.05) is 12.1 Å². The van der Waals surface area contributed by atoms with Crippen LogP contribution in [-0.4, -0.2) is 51.5 Å². The fourth-order valence-electron chi connectivity index (χ4n) is 2.59. The molecule has 9 heteroatoms. The molecule has 134 valence electrons. The summed E-state index contributed by atoms with van der Waals surface area (Å²) in [5.41, 5.74) is 1.09. The van der Waals surface area contributed by atoms with Gasteiger partial charge in [-0.15, -0.1) is 0 Å². The number of hydrogen-bond acceptors (Lipinski definition) is 6. The number of aromatic nitrogens is 3. The maximum atomic E-state index is 12.6. The highest BCUT2D eigenvalue weighted by Gasteiger charge is 2.29. The van der Waals surface area contributed by atoms with Gasteiger partial charge in [0.05, 0.1) is 31.6 Å². The number of rotatable bonds is 5. The molecule has 0 aromatic carbocycles. The lowest BCUT2D eigenvalue weighted by molar-refractivity contribution is -0.119. The first kappa shape index (κ1) is 17.2. The van der Waals surface area contributed by atoms with E-state index in [0.29, 0.717) is 49.9 Å². The maximum absolute atomic E-state index is 12.6. The number of imidazole rings is 1. The van der Waals surface area contributed by atoms with E-state index in [1.807, 2.05) is 6.92 Å². The molecule has 1 atom stereocenters. The van der Waals surface area contributed by atoms with Crippen molar-refractivity contribution in [1.29, 1.82) is 0 Å². The Morgan fingerprint density at radius 1 is 1.48 bits per heavy atom. The van der Waals surface area contributed by atoms with E-state index in [2.05, 4.69) is 20.4 Å². The molecule has 9 nitrogen and oxygen atoms in total. The van der Waals surface area contributed by atoms with E-state index in [9.17, 15) is 9.59 Å². The summed E-state index contributed by atoms with van der Waals surface area (Å²) in [6, 6.07) is 1.67. The van der Waals surface area contributed by atoms with E-state index in [1.54, 1.807) is 17.2 Å². The predicted octanol–water partition coefficient (Wildman–Crippen LogP) is 0.810. The fourth-order valence-corrected chi connectivity index (χ4v) is 2.59. The molecule has 25 heavy (non-hydrogen) atoms. The van der Waals surface area contributed by atoms with Gasteiger partial charge in [0.2, 0.25) is 5.91 Å². The molecule has 1 saturated heterocycles. The minimum atomic E-state index is -0.346. The number of morpholine rings is 1. The summed E-state index contributed by atoms with van der Waals surface area (Å²) in [6.45, 7) is 5.05. The minimum absolute atomic E-state index is 0.110. The van der Waals surface area contributed by atoms with Gasteiger partial charge in [-0.25, -0.2) is 4.98 Å². The normalized spacial score (nSPS) is 17.5. The van der Waals surface area contributed by atoms with Crippen molar-refractivity contribution in [3.63, 3.8) is 0 Å². The third kappa shape index (κ3) is 4.05. The Balaban J connectivity index is 1.64. The summed E-state index contributed by atoms with van der Waals surface area (Å²) in [4.78, 5) is 32.6. The van der Waals surface area contributed by atoms with Crippen LogP contribution in [-0.2, 0) is 22.5 Å². The van der Waals surface area contributed by atoms with Crippen molar-refractivity contribution in [1.82, 2.24) is 25.3 Å². The number of nitrogens with one attached hydrogen (secondary N) is 2. The van der Waals surface area contributed by atoms with E-state index in [-0.39, 0.29) is 17.9 Å². The Labute approximate surface area is 144 Å². The van der Waals surface area contributed by atoms with Gasteiger partial charge >= 0.3 is 0 Å². The molecule has 1 fully saturated rings. The van der Waals surface area contributed by atoms with E-state index in [0.717, 1.165) is 5.69 Å². The number of ether oxygens (including phenoxy) is 1. The minimum Gasteiger partial charge on any atom is -0.367 e. The predicted molar refractivity (Wildman–Crippen MR) is 86.6 cm³/mol. The van der Waals surface area contributed by atoms with E-state index in [4.69, 9.17) is 9.26 Å². The van der Waals surface area contributed by atoms with Crippen LogP contribution >= 0.6 is 0 Å². The van der Waals surface area contributed by atoms with Crippen molar-refractivity contribution in [2.75, 3.05) is 19.7 Å². The summed E-state index contributed by atoms with van der Waals surface area (Å²) >= 11 is 0. The molecule has 3 heterocycles. The second kappa shape index (κ2) is 7.47. The molecule has 0 radical (unpaired) electrons. The maximum Gasteiger partial charge on any atom is 0.276 e. The van der Waals surface area contributed by atoms with Crippen LogP contribution in [0.1, 0.15) is 47.7 Å². The Morgan fingerprint density at radius 3 is 3.04 bits per heavy atom. The number of aryl methyl sites for hydroxylation is 1. The largest absolute Gasteiger partial charge is 0.367 e. The zero-order chi connectivity index (χ0) is 17.8. The van der Waals surface area contributed by atoms with Crippen LogP contribution in [0.3, 0.4) is 0 Å². The fraction of sp³-hybridized carbons (Fsp3) is 0.500. The zero-order valence-corrected chi connectivity index (χ0v) is 14.2. The van der Waals surface area contributed by atoms with Crippen LogP contribution in [0.25, 0.3) is 0 Å². The van der Waals surface area contributed by atoms with Crippen molar-refractivity contribution >= 4 is 11.8 Å². The Morgan fingerprint density at radius 2 is 2.32 bits per heavy atom. The first-order chi connectivity index (χ1) is 12.1. The molecule has 0 aliphatic carbocycles. The van der Waals surface area contributed by atoms with E-state index < -0.39 is 0 Å². The topological polar surface area (TPSA) is 113 Å². The highest BCUT2D eigenvalue weighted by molar-refractivity contribution is 5.92. The lowest BCUT2D eigenvalue weighted by Gasteiger charge is -2.31. The summed E-state index contributed by atoms with van der Waals surface area (Å²) in [5, 5.41) is 6.53. The van der Waals surface area contributed by atoms with Gasteiger partial charge < -0.3 is 24.5 Å². The molecular weight excluding hydrogens is 326 g/mol. The summed E-state index contributed by atoms with van der Waals surface area (Å²) in [5.74, 6) is 1.02. The molecule has 2 N–H and O–H groups in total. The van der Waals surface area contributed by atoms with Gasteiger partial charge in [0.1, 0.15) is 17.7 Å². The number of nitrogens with zero attached hydrogens (tertiary/aromatic N) is 3. The number of H-pyrrole nitrogens is 1. The zero-order valence-electron chi connectivity index (χ0n) is 14.2. The molecule has 2 aromatic heterocycles. The van der Waals surface area contributed by atoms with Crippen molar-refractivity contribution in [3.05, 3.63) is 35.2 Å². The molecule has 3 rings (SSSR count). The average Bonchev–Trinajstić information content (AvgIpc) is 3.28. The smallest absolute Gasteiger partial charge is 0.276 e. The third-order valence-corrected chi connectivity index (χ3v) is 3.96. The monoisotopic (exact) mass is 347 g/mol. The van der Waals surface area contributed by atoms with Crippen molar-refractivity contribution in [2.24, 2.45) is 0 Å². The quantitative estimate of drug-likeness (QED) is 0.827. The SMILES string of the molecule is CCc1cc(C(=O)N2CCO[C@@H](c3ncc(CNC(C)=O)[nH]3)C2)no1. The molecule has 2 amide bonds. The standard InChI is InChI=1S/C16H21N5O4/c1-3-12-6-13(20-25-12)16(23)21-4-5-24-14(9-21)15-18-8-11(19-15)7-17-10(2)22/h6,8,14H,3-5,7,9H2,1-2H3,(H,17,22)(H,18,19)/t14-/m1/s1. The van der Waals surface area contributed by atoms with Crippen molar-refractivity contribution in [3.8, 4) is 0 Å². The number of hydrogen-bond donors (Lipinski definition) is 2. The Hall–Kier alpha value is -2.68. The molecule has 1 aliphatic rings. The highest BCUT2D eigenvalue weighted by Crippen LogP contribution is 2.21. The van der Waals surface area contributed by atoms with Gasteiger partial charge in [0, 0.05) is 26.0 Å². The van der Waals surface area contributed by atoms with Gasteiger partial charge in [-0.05, 0) is 0 Å². The van der Waals surface area contributed by atoms with Crippen LogP contribution in [0.4, 0.5) is 0 Å². The first-order valence-electron chi connectivity index (χ1n) is 8.21. The molecule has 0 spiro atoms. The van der Waals surface area contributed by atoms with Crippen LogP contribution < -0.4 is 5.32 Å². The summed E-state index contributed by atoms with van der Waals surface area (Å²) in [7, 11) is 0. The summed E-state index contributed by atoms with van der Waals surface area (Å²) in [6.07, 6.45) is 2.00. The van der Waals surface area contributed by atoms with Gasteiger partial charge in [0.25, 0.3) is 5.91 Å². The van der Waals surface area contributed by atoms with Gasteiger partial charge in [0.15, 0.2) is 5.69 Å². The number of carbonyl (C=O) groups is 2. The van der Waals surface area contributed by atoms with E-state index >= 15 is 0 Å². The second-order valence-electron chi connectivity index (χ2n) is 5.85. The number of aromatic amines is 1. The Kier molecular flexibility index (Phi) is 5.13. The number of amides is 2. The molecule has 0 unspecified atom stereocenters. The van der Waals surface area contributed by atoms with Crippen LogP contribution in [0.5, 0.6) is 0 Å². The molecule has 0 bridgehead atoms. The molecular formula is C16H21N5O4. The van der Waals surface area contributed by atoms with E-state index in [1.165, 1.54) is 6.92 Å². The Bertz CT molecular complexity index is 753. The molecule has 1 aliphatic heterocycles. The van der Waals surface area contributed by atoms with Crippen molar-refractivity contribution < 1.29 is 18.8 Å². The van der Waals surface area contributed by atoms with Crippen molar-refractivity contribution in [2.45, 2.75) is 32.9 Å². The second-order valence-corrected chi connectivity index (χ2v) is 5.85. The van der Waals surface area contributed by atoms with Crippen LogP contribution in [0, 0.1) is 0 Å². The number of carbonyl (C=O) groups excluding carboxylic acids is 2. The third-order valence-electron chi connectivity index (χ3n) is 3.96. The summed E-state index contributed by atoms with van der Waals surface area (Å²) < 4.78 is 10.8. The molecule has 2 aromatic rings. The lowest BCUT2D eigenvalue weighted by Crippen LogP contribution is -2.42. The van der Waals surface area contributed by atoms with Crippen LogP contribution in [0.2, 0.25) is 0 Å².